The van der Waals surface area contributed by atoms with Gasteiger partial charge in [0.25, 0.3) is 0 Å². The highest BCUT2D eigenvalue weighted by Crippen LogP contribution is 2.18. The molecule has 1 saturated heterocycles. The van der Waals surface area contributed by atoms with E-state index < -0.39 is 60.2 Å². The van der Waals surface area contributed by atoms with Crippen LogP contribution in [0, 0.1) is 0 Å². The Morgan fingerprint density at radius 3 is 1.74 bits per heavy atom. The molecule has 13 N–H and O–H groups in total. The van der Waals surface area contributed by atoms with E-state index in [0.717, 1.165) is 16.3 Å². The van der Waals surface area contributed by atoms with Gasteiger partial charge >= 0.3 is 0 Å². The average Bonchev–Trinajstić information content (AvgIpc) is 3.13. The van der Waals surface area contributed by atoms with Crippen LogP contribution in [0.4, 0.5) is 0 Å². The van der Waals surface area contributed by atoms with Gasteiger partial charge in [0.05, 0.1) is 6.54 Å². The maximum absolute atomic E-state index is 14.0. The number of carbonyl (C=O) groups is 5. The average molecular weight is 744 g/mol. The van der Waals surface area contributed by atoms with E-state index in [1.807, 2.05) is 42.5 Å². The molecule has 0 saturated carbocycles. The number of benzene rings is 3. The van der Waals surface area contributed by atoms with Crippen molar-refractivity contribution in [3.8, 4) is 5.75 Å². The van der Waals surface area contributed by atoms with Crippen molar-refractivity contribution in [2.24, 2.45) is 32.9 Å². The number of phenolic OH excluding ortho intramolecular Hbond substituents is 1. The zero-order valence-electron chi connectivity index (χ0n) is 30.2. The summed E-state index contributed by atoms with van der Waals surface area (Å²) in [6.45, 7) is -0.123. The second-order valence-electron chi connectivity index (χ2n) is 13.2. The van der Waals surface area contributed by atoms with E-state index in [1.54, 1.807) is 12.1 Å². The third kappa shape index (κ3) is 12.4. The zero-order valence-corrected chi connectivity index (χ0v) is 30.2. The molecular formula is C37H49N11O6. The maximum atomic E-state index is 14.0. The van der Waals surface area contributed by atoms with E-state index in [-0.39, 0.29) is 69.3 Å². The lowest BCUT2D eigenvalue weighted by molar-refractivity contribution is -0.139. The smallest absolute Gasteiger partial charge is 0.245 e. The van der Waals surface area contributed by atoms with Crippen molar-refractivity contribution in [2.45, 2.75) is 62.7 Å². The lowest BCUT2D eigenvalue weighted by Crippen LogP contribution is -2.58. The van der Waals surface area contributed by atoms with Crippen LogP contribution in [0.25, 0.3) is 10.8 Å². The van der Waals surface area contributed by atoms with Crippen molar-refractivity contribution in [3.63, 3.8) is 0 Å². The minimum atomic E-state index is -1.19. The molecule has 1 fully saturated rings. The molecule has 1 aliphatic rings. The van der Waals surface area contributed by atoms with E-state index in [0.29, 0.717) is 5.56 Å². The Morgan fingerprint density at radius 2 is 1.17 bits per heavy atom. The number of rotatable bonds is 12. The summed E-state index contributed by atoms with van der Waals surface area (Å²) in [6.07, 6.45) is 0.790. The molecule has 0 radical (unpaired) electrons. The molecule has 5 amide bonds. The van der Waals surface area contributed by atoms with Gasteiger partial charge in [-0.05, 0) is 59.7 Å². The first-order valence-corrected chi connectivity index (χ1v) is 17.6. The van der Waals surface area contributed by atoms with Gasteiger partial charge in [-0.15, -0.1) is 0 Å². The Balaban J connectivity index is 1.71. The number of nitrogens with zero attached hydrogens (tertiary/aromatic N) is 3. The fraction of sp³-hybridized carbons (Fsp3) is 0.378. The summed E-state index contributed by atoms with van der Waals surface area (Å²) in [5, 5.41) is 22.7. The van der Waals surface area contributed by atoms with Gasteiger partial charge in [0.1, 0.15) is 29.9 Å². The minimum absolute atomic E-state index is 0.00407. The monoisotopic (exact) mass is 743 g/mol. The highest BCUT2D eigenvalue weighted by atomic mass is 16.3. The van der Waals surface area contributed by atoms with E-state index in [2.05, 4.69) is 31.3 Å². The van der Waals surface area contributed by atoms with Gasteiger partial charge in [0, 0.05) is 33.0 Å². The molecule has 1 heterocycles. The second kappa shape index (κ2) is 19.4. The molecular weight excluding hydrogens is 694 g/mol. The van der Waals surface area contributed by atoms with E-state index in [4.69, 9.17) is 22.9 Å². The van der Waals surface area contributed by atoms with Crippen molar-refractivity contribution < 1.29 is 29.1 Å². The Labute approximate surface area is 313 Å². The summed E-state index contributed by atoms with van der Waals surface area (Å²) >= 11 is 0. The normalized spacial score (nSPS) is 20.1. The summed E-state index contributed by atoms with van der Waals surface area (Å²) in [6, 6.07) is 14.8. The molecule has 54 heavy (non-hydrogen) atoms. The molecule has 17 heteroatoms. The largest absolute Gasteiger partial charge is 0.508 e. The molecule has 17 nitrogen and oxygen atoms in total. The quantitative estimate of drug-likeness (QED) is 0.0610. The number of fused-ring (bicyclic) bond motifs is 1. The number of carbonyl (C=O) groups excluding carboxylic acids is 5. The predicted octanol–water partition coefficient (Wildman–Crippen LogP) is -1.15. The van der Waals surface area contributed by atoms with Gasteiger partial charge < -0.3 is 54.2 Å². The number of phenols is 1. The SMILES string of the molecule is CN1CC(=O)N[C@H](Cc2ccc(O)cc2)C(=O)N[C@H](CCCN=C(N)N)C(=O)N[C@@H](CCCN=C(N)N)C(=O)N[C@@H](Cc2ccc3ccccc3c2)C1=O. The molecule has 4 atom stereocenters. The van der Waals surface area contributed by atoms with Crippen LogP contribution in [0.3, 0.4) is 0 Å². The molecule has 0 unspecified atom stereocenters. The summed E-state index contributed by atoms with van der Waals surface area (Å²) in [5.74, 6) is -3.51. The van der Waals surface area contributed by atoms with E-state index >= 15 is 0 Å². The second-order valence-corrected chi connectivity index (χ2v) is 13.2. The fourth-order valence-corrected chi connectivity index (χ4v) is 6.04. The molecule has 0 bridgehead atoms. The van der Waals surface area contributed by atoms with Crippen LogP contribution < -0.4 is 44.2 Å². The van der Waals surface area contributed by atoms with Crippen molar-refractivity contribution in [1.29, 1.82) is 0 Å². The molecule has 0 aliphatic carbocycles. The van der Waals surface area contributed by atoms with Crippen LogP contribution in [-0.4, -0.2) is 102 Å². The lowest BCUT2D eigenvalue weighted by Gasteiger charge is -2.27. The van der Waals surface area contributed by atoms with Crippen LogP contribution in [0.1, 0.15) is 36.8 Å². The van der Waals surface area contributed by atoms with Crippen LogP contribution in [0.5, 0.6) is 5.75 Å². The van der Waals surface area contributed by atoms with E-state index in [1.165, 1.54) is 24.1 Å². The van der Waals surface area contributed by atoms with Gasteiger partial charge in [0.2, 0.25) is 29.5 Å². The number of nitrogens with two attached hydrogens (primary N) is 4. The Morgan fingerprint density at radius 1 is 0.667 bits per heavy atom. The van der Waals surface area contributed by atoms with Crippen LogP contribution in [0.2, 0.25) is 0 Å². The molecule has 4 rings (SSSR count). The number of guanidine groups is 2. The number of likely N-dealkylation sites (N-methyl/N-ethyl adjacent to an activating group) is 1. The van der Waals surface area contributed by atoms with Crippen molar-refractivity contribution in [3.05, 3.63) is 77.9 Å². The number of hydrogen-bond donors (Lipinski definition) is 9. The Bertz CT molecular complexity index is 1860. The van der Waals surface area contributed by atoms with Gasteiger partial charge in [-0.3, -0.25) is 34.0 Å². The van der Waals surface area contributed by atoms with Crippen molar-refractivity contribution in [1.82, 2.24) is 26.2 Å². The molecule has 3 aromatic carbocycles. The molecule has 288 valence electrons. The zero-order chi connectivity index (χ0) is 39.2. The van der Waals surface area contributed by atoms with Crippen molar-refractivity contribution >= 4 is 52.2 Å². The minimum Gasteiger partial charge on any atom is -0.508 e. The Hall–Kier alpha value is -6.39. The van der Waals surface area contributed by atoms with Crippen LogP contribution >= 0.6 is 0 Å². The van der Waals surface area contributed by atoms with Crippen LogP contribution in [0.15, 0.2) is 76.7 Å². The summed E-state index contributed by atoms with van der Waals surface area (Å²) in [7, 11) is 1.43. The van der Waals surface area contributed by atoms with Gasteiger partial charge in [-0.25, -0.2) is 0 Å². The molecule has 1 aliphatic heterocycles. The fourth-order valence-electron chi connectivity index (χ4n) is 6.04. The summed E-state index contributed by atoms with van der Waals surface area (Å²) in [5.41, 5.74) is 23.3. The van der Waals surface area contributed by atoms with Gasteiger partial charge in [-0.2, -0.15) is 0 Å². The molecule has 0 aromatic heterocycles. The highest BCUT2D eigenvalue weighted by Gasteiger charge is 2.33. The third-order valence-corrected chi connectivity index (χ3v) is 8.81. The standard InChI is InChI=1S/C37H49N11O6/c1-48-21-31(50)44-29(19-22-11-14-26(49)15-12-22)34(53)46-27(8-4-16-42-36(38)39)32(51)45-28(9-5-17-43-37(40)41)33(52)47-30(35(48)54)20-23-10-13-24-6-2-3-7-25(24)18-23/h2-3,6-7,10-15,18,27-30,49H,4-5,8-9,16-17,19-21H2,1H3,(H,44,50)(H,45,51)(H,46,53)(H,47,52)(H4,38,39,42)(H4,40,41,43)/t27-,28+,29-,30+/m1/s1. The number of hydrogen-bond acceptors (Lipinski definition) is 8. The first-order chi connectivity index (χ1) is 25.8. The summed E-state index contributed by atoms with van der Waals surface area (Å²) < 4.78 is 0. The topological polar surface area (TPSA) is 286 Å². The lowest BCUT2D eigenvalue weighted by atomic mass is 10.00. The third-order valence-electron chi connectivity index (χ3n) is 8.81. The highest BCUT2D eigenvalue weighted by molar-refractivity contribution is 5.97. The van der Waals surface area contributed by atoms with E-state index in [9.17, 15) is 29.1 Å². The maximum Gasteiger partial charge on any atom is 0.245 e. The number of aromatic hydroxyl groups is 1. The van der Waals surface area contributed by atoms with Crippen molar-refractivity contribution in [2.75, 3.05) is 26.7 Å². The number of aliphatic imine (C=N–C) groups is 2. The van der Waals surface area contributed by atoms with Gasteiger partial charge in [0.15, 0.2) is 11.9 Å². The predicted molar refractivity (Wildman–Crippen MR) is 205 cm³/mol. The number of nitrogens with one attached hydrogen (secondary N) is 4. The molecule has 0 spiro atoms. The summed E-state index contributed by atoms with van der Waals surface area (Å²) in [4.78, 5) is 78.4. The number of amides is 5. The van der Waals surface area contributed by atoms with Gasteiger partial charge in [-0.1, -0.05) is 54.6 Å². The first-order valence-electron chi connectivity index (χ1n) is 17.6. The first kappa shape index (κ1) is 40.4. The Kier molecular flexibility index (Phi) is 14.5. The molecule has 3 aromatic rings. The van der Waals surface area contributed by atoms with Crippen LogP contribution in [-0.2, 0) is 36.8 Å².